The van der Waals surface area contributed by atoms with Gasteiger partial charge in [0, 0.05) is 12.5 Å². The van der Waals surface area contributed by atoms with Crippen molar-refractivity contribution in [2.45, 2.75) is 32.8 Å². The molecule has 0 fully saturated rings. The molecule has 2 aromatic carbocycles. The van der Waals surface area contributed by atoms with Crippen LogP contribution in [0, 0.1) is 0 Å². The Morgan fingerprint density at radius 3 is 2.57 bits per heavy atom. The summed E-state index contributed by atoms with van der Waals surface area (Å²) in [6, 6.07) is 15.3. The Balaban J connectivity index is 1.48. The summed E-state index contributed by atoms with van der Waals surface area (Å²) in [5.74, 6) is 0.445. The Hall–Kier alpha value is -3.26. The molecule has 1 atom stereocenters. The predicted molar refractivity (Wildman–Crippen MR) is 117 cm³/mol. The van der Waals surface area contributed by atoms with Crippen LogP contribution >= 0.6 is 11.3 Å². The first-order valence-corrected chi connectivity index (χ1v) is 10.5. The van der Waals surface area contributed by atoms with Crippen LogP contribution in [0.4, 0.5) is 10.8 Å². The molecule has 154 valence electrons. The highest BCUT2D eigenvalue weighted by Crippen LogP contribution is 2.34. The zero-order chi connectivity index (χ0) is 21.3. The lowest BCUT2D eigenvalue weighted by Crippen LogP contribution is -2.48. The van der Waals surface area contributed by atoms with Crippen LogP contribution in [-0.2, 0) is 9.59 Å². The van der Waals surface area contributed by atoms with Crippen molar-refractivity contribution in [3.63, 3.8) is 0 Å². The van der Waals surface area contributed by atoms with E-state index < -0.39 is 6.10 Å². The van der Waals surface area contributed by atoms with Gasteiger partial charge in [-0.1, -0.05) is 61.6 Å². The van der Waals surface area contributed by atoms with Crippen LogP contribution in [0.2, 0.25) is 0 Å². The Labute approximate surface area is 178 Å². The maximum absolute atomic E-state index is 12.8. The van der Waals surface area contributed by atoms with Gasteiger partial charge in [0.05, 0.1) is 12.2 Å². The van der Waals surface area contributed by atoms with Crippen molar-refractivity contribution >= 4 is 34.0 Å². The van der Waals surface area contributed by atoms with E-state index in [-0.39, 0.29) is 18.4 Å². The molecule has 4 rings (SSSR count). The Morgan fingerprint density at radius 1 is 1.13 bits per heavy atom. The van der Waals surface area contributed by atoms with Gasteiger partial charge >= 0.3 is 0 Å². The average molecular weight is 423 g/mol. The lowest BCUT2D eigenvalue weighted by atomic mass is 10.0. The summed E-state index contributed by atoms with van der Waals surface area (Å²) in [5.41, 5.74) is 2.86. The minimum Gasteiger partial charge on any atom is -0.476 e. The van der Waals surface area contributed by atoms with Gasteiger partial charge in [-0.25, -0.2) is 0 Å². The first-order valence-electron chi connectivity index (χ1n) is 9.71. The molecule has 30 heavy (non-hydrogen) atoms. The second-order valence-electron chi connectivity index (χ2n) is 7.38. The fraction of sp³-hybridized carbons (Fsp3) is 0.273. The molecule has 0 aliphatic carbocycles. The number of aromatic nitrogens is 2. The maximum atomic E-state index is 12.8. The SMILES string of the molecule is CC(=O)N1C[C@H](C(=O)Nc2nnc(-c3ccc(C(C)C)cc3)s2)Oc2ccccc21. The van der Waals surface area contributed by atoms with Gasteiger partial charge in [-0.3, -0.25) is 14.9 Å². The number of anilines is 2. The molecule has 0 saturated carbocycles. The molecule has 0 saturated heterocycles. The molecule has 1 aliphatic rings. The molecule has 3 aromatic rings. The lowest BCUT2D eigenvalue weighted by Gasteiger charge is -2.33. The van der Waals surface area contributed by atoms with Crippen molar-refractivity contribution < 1.29 is 14.3 Å². The molecule has 1 aromatic heterocycles. The van der Waals surface area contributed by atoms with Gasteiger partial charge in [-0.15, -0.1) is 10.2 Å². The number of amides is 2. The molecule has 2 heterocycles. The number of carbonyl (C=O) groups is 2. The molecule has 1 aliphatic heterocycles. The van der Waals surface area contributed by atoms with Crippen molar-refractivity contribution in [1.29, 1.82) is 0 Å². The number of para-hydroxylation sites is 2. The van der Waals surface area contributed by atoms with Crippen molar-refractivity contribution in [3.05, 3.63) is 54.1 Å². The monoisotopic (exact) mass is 422 g/mol. The Morgan fingerprint density at radius 2 is 1.87 bits per heavy atom. The van der Waals surface area contributed by atoms with Crippen molar-refractivity contribution in [1.82, 2.24) is 10.2 Å². The molecular weight excluding hydrogens is 400 g/mol. The van der Waals surface area contributed by atoms with Crippen LogP contribution in [0.1, 0.15) is 32.3 Å². The second kappa shape index (κ2) is 8.23. The highest BCUT2D eigenvalue weighted by atomic mass is 32.1. The molecule has 1 N–H and O–H groups in total. The fourth-order valence-corrected chi connectivity index (χ4v) is 4.01. The van der Waals surface area contributed by atoms with E-state index in [1.54, 1.807) is 23.1 Å². The molecule has 0 radical (unpaired) electrons. The summed E-state index contributed by atoms with van der Waals surface area (Å²) >= 11 is 1.30. The number of nitrogens with zero attached hydrogens (tertiary/aromatic N) is 3. The molecule has 7 nitrogen and oxygen atoms in total. The van der Waals surface area contributed by atoms with Crippen LogP contribution in [0.3, 0.4) is 0 Å². The standard InChI is InChI=1S/C22H22N4O3S/c1-13(2)15-8-10-16(11-9-15)21-24-25-22(30-21)23-20(28)19-12-26(14(3)27)17-6-4-5-7-18(17)29-19/h4-11,13,19H,12H2,1-3H3,(H,23,25,28)/t19-/m1/s1. The van der Waals surface area contributed by atoms with Crippen LogP contribution in [-0.4, -0.2) is 34.7 Å². The largest absolute Gasteiger partial charge is 0.476 e. The zero-order valence-corrected chi connectivity index (χ0v) is 17.8. The molecule has 0 unspecified atom stereocenters. The number of ether oxygens (including phenoxy) is 1. The molecular formula is C22H22N4O3S. The van der Waals surface area contributed by atoms with Gasteiger partial charge in [-0.2, -0.15) is 0 Å². The van der Waals surface area contributed by atoms with E-state index in [2.05, 4.69) is 41.5 Å². The van der Waals surface area contributed by atoms with E-state index in [1.165, 1.54) is 23.8 Å². The van der Waals surface area contributed by atoms with Crippen LogP contribution < -0.4 is 15.0 Å². The van der Waals surface area contributed by atoms with E-state index in [9.17, 15) is 9.59 Å². The Bertz CT molecular complexity index is 1080. The quantitative estimate of drug-likeness (QED) is 0.685. The van der Waals surface area contributed by atoms with E-state index in [4.69, 9.17) is 4.74 Å². The molecule has 2 amide bonds. The highest BCUT2D eigenvalue weighted by Gasteiger charge is 2.33. The zero-order valence-electron chi connectivity index (χ0n) is 17.0. The summed E-state index contributed by atoms with van der Waals surface area (Å²) in [7, 11) is 0. The van der Waals surface area contributed by atoms with Gasteiger partial charge in [0.2, 0.25) is 11.0 Å². The molecule has 0 bridgehead atoms. The minimum atomic E-state index is -0.832. The van der Waals surface area contributed by atoms with E-state index in [0.29, 0.717) is 22.5 Å². The summed E-state index contributed by atoms with van der Waals surface area (Å²) < 4.78 is 5.82. The van der Waals surface area contributed by atoms with Crippen molar-refractivity contribution in [2.24, 2.45) is 0 Å². The normalized spacial score (nSPS) is 15.5. The number of hydrogen-bond donors (Lipinski definition) is 1. The first-order chi connectivity index (χ1) is 14.4. The van der Waals surface area contributed by atoms with E-state index in [0.717, 1.165) is 10.6 Å². The first kappa shape index (κ1) is 20.0. The van der Waals surface area contributed by atoms with Gasteiger partial charge in [0.1, 0.15) is 10.8 Å². The lowest BCUT2D eigenvalue weighted by molar-refractivity contribution is -0.123. The third-order valence-corrected chi connectivity index (χ3v) is 5.81. The van der Waals surface area contributed by atoms with Gasteiger partial charge in [-0.05, 0) is 23.6 Å². The number of fused-ring (bicyclic) bond motifs is 1. The predicted octanol–water partition coefficient (Wildman–Crippen LogP) is 4.08. The summed E-state index contributed by atoms with van der Waals surface area (Å²) in [6.45, 7) is 5.90. The van der Waals surface area contributed by atoms with E-state index in [1.807, 2.05) is 18.2 Å². The average Bonchev–Trinajstić information content (AvgIpc) is 3.21. The molecule has 8 heteroatoms. The number of carbonyl (C=O) groups excluding carboxylic acids is 2. The van der Waals surface area contributed by atoms with Crippen LogP contribution in [0.25, 0.3) is 10.6 Å². The number of rotatable bonds is 4. The Kier molecular flexibility index (Phi) is 5.50. The summed E-state index contributed by atoms with van der Waals surface area (Å²) in [5, 5.41) is 12.1. The van der Waals surface area contributed by atoms with Crippen LogP contribution in [0.5, 0.6) is 5.75 Å². The minimum absolute atomic E-state index is 0.139. The van der Waals surface area contributed by atoms with Crippen molar-refractivity contribution in [2.75, 3.05) is 16.8 Å². The van der Waals surface area contributed by atoms with Gasteiger partial charge in [0.15, 0.2) is 6.10 Å². The molecule has 0 spiro atoms. The van der Waals surface area contributed by atoms with E-state index >= 15 is 0 Å². The maximum Gasteiger partial charge on any atom is 0.269 e. The number of benzene rings is 2. The summed E-state index contributed by atoms with van der Waals surface area (Å²) in [6.07, 6.45) is -0.832. The number of hydrogen-bond acceptors (Lipinski definition) is 6. The number of nitrogens with one attached hydrogen (secondary N) is 1. The van der Waals surface area contributed by atoms with Gasteiger partial charge in [0.25, 0.3) is 5.91 Å². The topological polar surface area (TPSA) is 84.4 Å². The van der Waals surface area contributed by atoms with Crippen molar-refractivity contribution in [3.8, 4) is 16.3 Å². The smallest absolute Gasteiger partial charge is 0.269 e. The third kappa shape index (κ3) is 4.04. The highest BCUT2D eigenvalue weighted by molar-refractivity contribution is 7.18. The van der Waals surface area contributed by atoms with Gasteiger partial charge < -0.3 is 9.64 Å². The summed E-state index contributed by atoms with van der Waals surface area (Å²) in [4.78, 5) is 26.4. The fourth-order valence-electron chi connectivity index (χ4n) is 3.26. The second-order valence-corrected chi connectivity index (χ2v) is 8.36. The third-order valence-electron chi connectivity index (χ3n) is 4.93. The van der Waals surface area contributed by atoms with Crippen LogP contribution in [0.15, 0.2) is 48.5 Å².